The largest absolute Gasteiger partial charge is 0.299 e. The highest BCUT2D eigenvalue weighted by Gasteiger charge is 2.22. The molecule has 0 amide bonds. The molecule has 3 rings (SSSR count). The van der Waals surface area contributed by atoms with Crippen molar-refractivity contribution in [2.75, 3.05) is 4.72 Å². The normalized spacial score (nSPS) is 14.0. The van der Waals surface area contributed by atoms with Gasteiger partial charge in [0.15, 0.2) is 0 Å². The minimum atomic E-state index is -3.64. The number of benzene rings is 2. The van der Waals surface area contributed by atoms with E-state index in [0.717, 1.165) is 22.3 Å². The Morgan fingerprint density at radius 1 is 0.909 bits per heavy atom. The molecule has 22 heavy (non-hydrogen) atoms. The predicted molar refractivity (Wildman–Crippen MR) is 85.6 cm³/mol. The average Bonchev–Trinajstić information content (AvgIpc) is 2.81. The molecule has 0 radical (unpaired) electrons. The van der Waals surface area contributed by atoms with E-state index in [2.05, 4.69) is 4.72 Å². The second-order valence-corrected chi connectivity index (χ2v) is 7.41. The first-order valence-electron chi connectivity index (χ1n) is 7.09. The van der Waals surface area contributed by atoms with Gasteiger partial charge < -0.3 is 0 Å². The summed E-state index contributed by atoms with van der Waals surface area (Å²) in [5.74, 6) is 0.131. The average molecular weight is 315 g/mol. The summed E-state index contributed by atoms with van der Waals surface area (Å²) < 4.78 is 27.6. The molecule has 114 valence electrons. The summed E-state index contributed by atoms with van der Waals surface area (Å²) in [6.45, 7) is 3.92. The van der Waals surface area contributed by atoms with Crippen LogP contribution in [0, 0.1) is 13.8 Å². The van der Waals surface area contributed by atoms with Gasteiger partial charge in [0.05, 0.1) is 4.90 Å². The first-order chi connectivity index (χ1) is 10.3. The molecule has 0 saturated carbocycles. The molecule has 1 N–H and O–H groups in total. The van der Waals surface area contributed by atoms with Crippen LogP contribution in [0.25, 0.3) is 0 Å². The highest BCUT2D eigenvalue weighted by molar-refractivity contribution is 7.92. The van der Waals surface area contributed by atoms with Crippen molar-refractivity contribution in [3.05, 3.63) is 58.7 Å². The monoisotopic (exact) mass is 315 g/mol. The highest BCUT2D eigenvalue weighted by atomic mass is 32.2. The first-order valence-corrected chi connectivity index (χ1v) is 8.57. The van der Waals surface area contributed by atoms with Crippen molar-refractivity contribution in [3.8, 4) is 0 Å². The van der Waals surface area contributed by atoms with Crippen LogP contribution in [0.5, 0.6) is 0 Å². The maximum Gasteiger partial charge on any atom is 0.261 e. The van der Waals surface area contributed by atoms with E-state index in [9.17, 15) is 13.2 Å². The Hall–Kier alpha value is -2.14. The van der Waals surface area contributed by atoms with E-state index in [1.807, 2.05) is 26.0 Å². The Morgan fingerprint density at radius 3 is 2.36 bits per heavy atom. The van der Waals surface area contributed by atoms with Crippen molar-refractivity contribution in [2.24, 2.45) is 0 Å². The number of nitrogens with one attached hydrogen (secondary N) is 1. The second kappa shape index (κ2) is 5.25. The molecule has 0 saturated heterocycles. The van der Waals surface area contributed by atoms with E-state index in [1.54, 1.807) is 24.3 Å². The number of sulfonamides is 1. The molecule has 0 heterocycles. The Bertz CT molecular complexity index is 869. The molecule has 2 aromatic carbocycles. The lowest BCUT2D eigenvalue weighted by Gasteiger charge is -2.11. The zero-order valence-corrected chi connectivity index (χ0v) is 13.3. The molecule has 5 heteroatoms. The van der Waals surface area contributed by atoms with Gasteiger partial charge in [-0.05, 0) is 60.4 Å². The molecule has 0 atom stereocenters. The predicted octanol–water partition coefficient (Wildman–Crippen LogP) is 2.77. The van der Waals surface area contributed by atoms with Crippen molar-refractivity contribution in [3.63, 3.8) is 0 Å². The van der Waals surface area contributed by atoms with Gasteiger partial charge in [0, 0.05) is 18.5 Å². The third-order valence-electron chi connectivity index (χ3n) is 4.02. The fourth-order valence-electron chi connectivity index (χ4n) is 2.61. The van der Waals surface area contributed by atoms with Crippen LogP contribution in [-0.2, 0) is 27.7 Å². The number of fused-ring (bicyclic) bond motifs is 1. The summed E-state index contributed by atoms with van der Waals surface area (Å²) in [6, 6.07) is 10.3. The quantitative estimate of drug-likeness (QED) is 0.947. The molecular weight excluding hydrogens is 298 g/mol. The van der Waals surface area contributed by atoms with Gasteiger partial charge in [-0.3, -0.25) is 9.52 Å². The number of rotatable bonds is 3. The summed E-state index contributed by atoms with van der Waals surface area (Å²) in [5, 5.41) is 0. The van der Waals surface area contributed by atoms with Crippen molar-refractivity contribution >= 4 is 21.5 Å². The molecular formula is C17H17NO3S. The molecule has 0 aromatic heterocycles. The van der Waals surface area contributed by atoms with Gasteiger partial charge in [0.25, 0.3) is 10.0 Å². The van der Waals surface area contributed by atoms with Gasteiger partial charge >= 0.3 is 0 Å². The van der Waals surface area contributed by atoms with Crippen LogP contribution in [0.3, 0.4) is 0 Å². The van der Waals surface area contributed by atoms with E-state index in [4.69, 9.17) is 0 Å². The summed E-state index contributed by atoms with van der Waals surface area (Å²) in [7, 11) is -3.64. The molecule has 4 nitrogen and oxygen atoms in total. The number of hydrogen-bond acceptors (Lipinski definition) is 3. The Labute approximate surface area is 130 Å². The molecule has 1 aliphatic rings. The Morgan fingerprint density at radius 2 is 1.64 bits per heavy atom. The smallest absolute Gasteiger partial charge is 0.261 e. The number of hydrogen-bond donors (Lipinski definition) is 1. The van der Waals surface area contributed by atoms with Crippen LogP contribution in [0.1, 0.15) is 22.3 Å². The van der Waals surface area contributed by atoms with Crippen LogP contribution in [-0.4, -0.2) is 14.2 Å². The molecule has 0 aliphatic heterocycles. The SMILES string of the molecule is Cc1ccc(NS(=O)(=O)c2ccc3c(c2)CC(=O)C3)cc1C. The third kappa shape index (κ3) is 2.76. The number of ketones is 1. The van der Waals surface area contributed by atoms with Gasteiger partial charge in [-0.25, -0.2) is 8.42 Å². The van der Waals surface area contributed by atoms with Gasteiger partial charge in [-0.2, -0.15) is 0 Å². The fraction of sp³-hybridized carbons (Fsp3) is 0.235. The summed E-state index contributed by atoms with van der Waals surface area (Å²) in [4.78, 5) is 11.6. The molecule has 0 fully saturated rings. The van der Waals surface area contributed by atoms with Crippen molar-refractivity contribution in [1.29, 1.82) is 0 Å². The van der Waals surface area contributed by atoms with E-state index in [-0.39, 0.29) is 10.7 Å². The lowest BCUT2D eigenvalue weighted by Crippen LogP contribution is -2.13. The number of aryl methyl sites for hydroxylation is 2. The van der Waals surface area contributed by atoms with Gasteiger partial charge in [0.1, 0.15) is 5.78 Å². The first kappa shape index (κ1) is 14.8. The van der Waals surface area contributed by atoms with E-state index in [0.29, 0.717) is 18.5 Å². The van der Waals surface area contributed by atoms with Crippen LogP contribution < -0.4 is 4.72 Å². The van der Waals surface area contributed by atoms with Crippen LogP contribution >= 0.6 is 0 Å². The van der Waals surface area contributed by atoms with Gasteiger partial charge in [0.2, 0.25) is 0 Å². The molecule has 0 unspecified atom stereocenters. The fourth-order valence-corrected chi connectivity index (χ4v) is 3.71. The van der Waals surface area contributed by atoms with Gasteiger partial charge in [-0.1, -0.05) is 12.1 Å². The van der Waals surface area contributed by atoms with E-state index >= 15 is 0 Å². The molecule has 0 bridgehead atoms. The molecule has 0 spiro atoms. The maximum atomic E-state index is 12.5. The molecule has 1 aliphatic carbocycles. The summed E-state index contributed by atoms with van der Waals surface area (Å²) >= 11 is 0. The zero-order chi connectivity index (χ0) is 15.9. The van der Waals surface area contributed by atoms with Crippen molar-refractivity contribution < 1.29 is 13.2 Å². The number of anilines is 1. The summed E-state index contributed by atoms with van der Waals surface area (Å²) in [6.07, 6.45) is 0.725. The minimum Gasteiger partial charge on any atom is -0.299 e. The van der Waals surface area contributed by atoms with E-state index < -0.39 is 10.0 Å². The standard InChI is InChI=1S/C17H17NO3S/c1-11-3-5-15(7-12(11)2)18-22(20,21)17-6-4-13-8-16(19)9-14(13)10-17/h3-7,10,18H,8-9H2,1-2H3. The highest BCUT2D eigenvalue weighted by Crippen LogP contribution is 2.25. The lowest BCUT2D eigenvalue weighted by molar-refractivity contribution is -0.117. The maximum absolute atomic E-state index is 12.5. The van der Waals surface area contributed by atoms with Gasteiger partial charge in [-0.15, -0.1) is 0 Å². The summed E-state index contributed by atoms with van der Waals surface area (Å²) in [5.41, 5.74) is 4.42. The Kier molecular flexibility index (Phi) is 3.53. The third-order valence-corrected chi connectivity index (χ3v) is 5.40. The number of carbonyl (C=O) groups is 1. The van der Waals surface area contributed by atoms with E-state index in [1.165, 1.54) is 0 Å². The topological polar surface area (TPSA) is 63.2 Å². The van der Waals surface area contributed by atoms with Crippen molar-refractivity contribution in [1.82, 2.24) is 0 Å². The number of carbonyl (C=O) groups excluding carboxylic acids is 1. The van der Waals surface area contributed by atoms with Crippen LogP contribution in [0.2, 0.25) is 0 Å². The zero-order valence-electron chi connectivity index (χ0n) is 12.5. The number of Topliss-reactive ketones (excluding diaryl/α,β-unsaturated/α-hetero) is 1. The minimum absolute atomic E-state index is 0.131. The van der Waals surface area contributed by atoms with Crippen molar-refractivity contribution in [2.45, 2.75) is 31.6 Å². The second-order valence-electron chi connectivity index (χ2n) is 5.73. The molecule has 2 aromatic rings. The Balaban J connectivity index is 1.92. The lowest BCUT2D eigenvalue weighted by atomic mass is 10.1. The van der Waals surface area contributed by atoms with Crippen LogP contribution in [0.4, 0.5) is 5.69 Å². The van der Waals surface area contributed by atoms with Crippen LogP contribution in [0.15, 0.2) is 41.3 Å².